The number of likely N-dealkylation sites (N-methyl/N-ethyl adjacent to an activating group) is 1. The molecular weight excluding hydrogens is 146 g/mol. The lowest BCUT2D eigenvalue weighted by atomic mass is 9.87. The number of rotatable bonds is 2. The van der Waals surface area contributed by atoms with E-state index in [1.54, 1.807) is 0 Å². The summed E-state index contributed by atoms with van der Waals surface area (Å²) in [6.45, 7) is 4.45. The Labute approximate surface area is 74.9 Å². The van der Waals surface area contributed by atoms with Crippen molar-refractivity contribution in [3.8, 4) is 0 Å². The number of hydrogen-bond donors (Lipinski definition) is 1. The van der Waals surface area contributed by atoms with Crippen LogP contribution in [0.3, 0.4) is 0 Å². The first-order valence-electron chi connectivity index (χ1n) is 4.47. The number of hydrogen-bond acceptors (Lipinski definition) is 1. The van der Waals surface area contributed by atoms with E-state index >= 15 is 0 Å². The Morgan fingerprint density at radius 3 is 2.75 bits per heavy atom. The molecule has 0 aromatic heterocycles. The average Bonchev–Trinajstić information content (AvgIpc) is 2.28. The van der Waals surface area contributed by atoms with E-state index in [4.69, 9.17) is 0 Å². The lowest BCUT2D eigenvalue weighted by Crippen LogP contribution is -2.07. The van der Waals surface area contributed by atoms with Gasteiger partial charge in [0.25, 0.3) is 0 Å². The normalized spacial score (nSPS) is 28.1. The highest BCUT2D eigenvalue weighted by molar-refractivity contribution is 5.29. The lowest BCUT2D eigenvalue weighted by Gasteiger charge is -2.18. The predicted molar refractivity (Wildman–Crippen MR) is 53.8 cm³/mol. The van der Waals surface area contributed by atoms with E-state index in [-0.39, 0.29) is 5.41 Å². The summed E-state index contributed by atoms with van der Waals surface area (Å²) in [5, 5.41) is 3.13. The molecule has 0 aromatic carbocycles. The molecule has 0 spiro atoms. The molecule has 0 fully saturated rings. The van der Waals surface area contributed by atoms with Crippen LogP contribution in [0.5, 0.6) is 0 Å². The third-order valence-corrected chi connectivity index (χ3v) is 2.45. The van der Waals surface area contributed by atoms with Crippen molar-refractivity contribution in [3.05, 3.63) is 36.1 Å². The molecule has 12 heavy (non-hydrogen) atoms. The van der Waals surface area contributed by atoms with Crippen molar-refractivity contribution in [1.29, 1.82) is 0 Å². The predicted octanol–water partition coefficient (Wildman–Crippen LogP) is 2.63. The maximum Gasteiger partial charge on any atom is 0.0334 e. The maximum absolute atomic E-state index is 3.13. The summed E-state index contributed by atoms with van der Waals surface area (Å²) in [6, 6.07) is 0. The monoisotopic (exact) mass is 163 g/mol. The van der Waals surface area contributed by atoms with Gasteiger partial charge >= 0.3 is 0 Å². The van der Waals surface area contributed by atoms with E-state index in [9.17, 15) is 0 Å². The van der Waals surface area contributed by atoms with Crippen LogP contribution >= 0.6 is 0 Å². The molecule has 1 aliphatic rings. The molecular formula is C11H17N. The zero-order chi connectivity index (χ0) is 9.03. The van der Waals surface area contributed by atoms with Crippen molar-refractivity contribution in [2.24, 2.45) is 5.41 Å². The minimum Gasteiger partial charge on any atom is -0.388 e. The van der Waals surface area contributed by atoms with Gasteiger partial charge in [-0.2, -0.15) is 0 Å². The van der Waals surface area contributed by atoms with E-state index in [0.29, 0.717) is 0 Å². The van der Waals surface area contributed by atoms with Crippen LogP contribution in [-0.4, -0.2) is 7.05 Å². The van der Waals surface area contributed by atoms with Crippen LogP contribution in [0.4, 0.5) is 0 Å². The fourth-order valence-corrected chi connectivity index (χ4v) is 1.17. The molecule has 1 N–H and O–H groups in total. The van der Waals surface area contributed by atoms with Gasteiger partial charge in [-0.1, -0.05) is 32.1 Å². The molecule has 0 bridgehead atoms. The Bertz CT molecular complexity index is 235. The second-order valence-corrected chi connectivity index (χ2v) is 3.42. The first-order chi connectivity index (χ1) is 5.70. The standard InChI is InChI=1S/C11H17N/c1-4-11(2)8-5-6-10(12-3)7-9-11/h5-9,12H,4H2,1-3H3. The second kappa shape index (κ2) is 3.61. The molecule has 0 aliphatic heterocycles. The first-order valence-corrected chi connectivity index (χ1v) is 4.47. The van der Waals surface area contributed by atoms with Gasteiger partial charge in [-0.05, 0) is 18.6 Å². The Hall–Kier alpha value is -0.980. The largest absolute Gasteiger partial charge is 0.388 e. The van der Waals surface area contributed by atoms with Gasteiger partial charge in [0.2, 0.25) is 0 Å². The summed E-state index contributed by atoms with van der Waals surface area (Å²) < 4.78 is 0. The van der Waals surface area contributed by atoms with Gasteiger partial charge in [0.1, 0.15) is 0 Å². The third-order valence-electron chi connectivity index (χ3n) is 2.45. The minimum absolute atomic E-state index is 0.231. The van der Waals surface area contributed by atoms with E-state index in [1.165, 1.54) is 5.70 Å². The fourth-order valence-electron chi connectivity index (χ4n) is 1.17. The van der Waals surface area contributed by atoms with E-state index < -0.39 is 0 Å². The Balaban J connectivity index is 2.82. The van der Waals surface area contributed by atoms with Crippen LogP contribution in [-0.2, 0) is 0 Å². The summed E-state index contributed by atoms with van der Waals surface area (Å²) in [5.41, 5.74) is 1.40. The minimum atomic E-state index is 0.231. The number of allylic oxidation sites excluding steroid dienone is 5. The molecule has 1 nitrogen and oxygen atoms in total. The van der Waals surface area contributed by atoms with Crippen molar-refractivity contribution < 1.29 is 0 Å². The van der Waals surface area contributed by atoms with Gasteiger partial charge in [0.15, 0.2) is 0 Å². The molecule has 0 amide bonds. The molecule has 0 heterocycles. The highest BCUT2D eigenvalue weighted by Gasteiger charge is 2.14. The molecule has 0 radical (unpaired) electrons. The van der Waals surface area contributed by atoms with E-state index in [0.717, 1.165) is 6.42 Å². The third kappa shape index (κ3) is 2.00. The van der Waals surface area contributed by atoms with Crippen molar-refractivity contribution >= 4 is 0 Å². The number of nitrogens with one attached hydrogen (secondary N) is 1. The van der Waals surface area contributed by atoms with Crippen LogP contribution in [0.1, 0.15) is 20.3 Å². The summed E-state index contributed by atoms with van der Waals surface area (Å²) >= 11 is 0. The van der Waals surface area contributed by atoms with Crippen LogP contribution in [0.25, 0.3) is 0 Å². The smallest absolute Gasteiger partial charge is 0.0334 e. The first kappa shape index (κ1) is 9.11. The lowest BCUT2D eigenvalue weighted by molar-refractivity contribution is 0.531. The van der Waals surface area contributed by atoms with Gasteiger partial charge in [-0.15, -0.1) is 0 Å². The molecule has 0 saturated carbocycles. The van der Waals surface area contributed by atoms with Gasteiger partial charge in [-0.25, -0.2) is 0 Å². The Morgan fingerprint density at radius 1 is 1.42 bits per heavy atom. The molecule has 1 aliphatic carbocycles. The molecule has 66 valence electrons. The summed E-state index contributed by atoms with van der Waals surface area (Å²) in [4.78, 5) is 0. The zero-order valence-corrected chi connectivity index (χ0v) is 8.09. The fraction of sp³-hybridized carbons (Fsp3) is 0.455. The van der Waals surface area contributed by atoms with Crippen LogP contribution in [0, 0.1) is 5.41 Å². The van der Waals surface area contributed by atoms with Crippen molar-refractivity contribution in [3.63, 3.8) is 0 Å². The van der Waals surface area contributed by atoms with Crippen LogP contribution < -0.4 is 5.32 Å². The molecule has 1 rings (SSSR count). The van der Waals surface area contributed by atoms with Gasteiger partial charge in [-0.3, -0.25) is 0 Å². The van der Waals surface area contributed by atoms with Crippen molar-refractivity contribution in [1.82, 2.24) is 5.32 Å². The zero-order valence-electron chi connectivity index (χ0n) is 8.09. The quantitative estimate of drug-likeness (QED) is 0.660. The molecule has 0 saturated heterocycles. The van der Waals surface area contributed by atoms with Crippen LogP contribution in [0.2, 0.25) is 0 Å². The SMILES string of the molecule is CCC1(C)C=CC=C(NC)C=C1. The van der Waals surface area contributed by atoms with Gasteiger partial charge in [0.05, 0.1) is 0 Å². The highest BCUT2D eigenvalue weighted by atomic mass is 14.8. The highest BCUT2D eigenvalue weighted by Crippen LogP contribution is 2.26. The summed E-state index contributed by atoms with van der Waals surface area (Å²) in [5.74, 6) is 0. The van der Waals surface area contributed by atoms with E-state index in [1.807, 2.05) is 7.05 Å². The topological polar surface area (TPSA) is 12.0 Å². The van der Waals surface area contributed by atoms with Crippen LogP contribution in [0.15, 0.2) is 36.1 Å². The molecule has 1 heteroatoms. The van der Waals surface area contributed by atoms with Crippen molar-refractivity contribution in [2.45, 2.75) is 20.3 Å². The average molecular weight is 163 g/mol. The molecule has 0 aromatic rings. The summed E-state index contributed by atoms with van der Waals surface area (Å²) in [7, 11) is 1.94. The van der Waals surface area contributed by atoms with Gasteiger partial charge < -0.3 is 5.32 Å². The molecule has 1 unspecified atom stereocenters. The second-order valence-electron chi connectivity index (χ2n) is 3.42. The Morgan fingerprint density at radius 2 is 2.17 bits per heavy atom. The van der Waals surface area contributed by atoms with Gasteiger partial charge in [0, 0.05) is 18.2 Å². The van der Waals surface area contributed by atoms with E-state index in [2.05, 4.69) is 49.5 Å². The summed E-state index contributed by atoms with van der Waals surface area (Å²) in [6.07, 6.45) is 12.0. The maximum atomic E-state index is 3.13. The Kier molecular flexibility index (Phi) is 2.74. The molecule has 1 atom stereocenters. The van der Waals surface area contributed by atoms with Crippen molar-refractivity contribution in [2.75, 3.05) is 7.05 Å².